The molecule has 0 radical (unpaired) electrons. The minimum absolute atomic E-state index is 0.0544. The van der Waals surface area contributed by atoms with Gasteiger partial charge in [-0.25, -0.2) is 4.98 Å². The number of hydrogen-bond acceptors (Lipinski definition) is 4. The first-order chi connectivity index (χ1) is 6.24. The summed E-state index contributed by atoms with van der Waals surface area (Å²) < 4.78 is 3.99. The summed E-state index contributed by atoms with van der Waals surface area (Å²) >= 11 is 1.34. The molecule has 13 heavy (non-hydrogen) atoms. The Kier molecular flexibility index (Phi) is 2.26. The molecule has 0 aromatic carbocycles. The summed E-state index contributed by atoms with van der Waals surface area (Å²) in [4.78, 5) is 14.5. The van der Waals surface area contributed by atoms with Crippen molar-refractivity contribution in [3.05, 3.63) is 10.8 Å². The van der Waals surface area contributed by atoms with Gasteiger partial charge in [0.25, 0.3) is 0 Å². The van der Waals surface area contributed by atoms with Gasteiger partial charge in [0.05, 0.1) is 0 Å². The van der Waals surface area contributed by atoms with Gasteiger partial charge in [0.15, 0.2) is 5.82 Å². The molecule has 1 aliphatic rings. The molecule has 0 saturated heterocycles. The highest BCUT2D eigenvalue weighted by Crippen LogP contribution is 2.32. The van der Waals surface area contributed by atoms with Gasteiger partial charge in [-0.3, -0.25) is 4.79 Å². The first-order valence-corrected chi connectivity index (χ1v) is 5.04. The second-order valence-corrected chi connectivity index (χ2v) is 4.16. The molecule has 2 rings (SSSR count). The normalized spacial score (nSPS) is 16.0. The van der Waals surface area contributed by atoms with E-state index in [-0.39, 0.29) is 6.42 Å². The van der Waals surface area contributed by atoms with Crippen molar-refractivity contribution in [3.8, 4) is 0 Å². The zero-order valence-electron chi connectivity index (χ0n) is 7.06. The first kappa shape index (κ1) is 8.62. The van der Waals surface area contributed by atoms with E-state index in [4.69, 9.17) is 5.11 Å². The van der Waals surface area contributed by atoms with Crippen molar-refractivity contribution in [2.45, 2.75) is 25.7 Å². The molecule has 0 aliphatic heterocycles. The number of carbonyl (C=O) groups is 1. The van der Waals surface area contributed by atoms with Crippen LogP contribution in [0.4, 0.5) is 0 Å². The lowest BCUT2D eigenvalue weighted by atomic mass is 10.3. The highest BCUT2D eigenvalue weighted by molar-refractivity contribution is 7.05. The number of carboxylic acids is 1. The summed E-state index contributed by atoms with van der Waals surface area (Å²) in [6, 6.07) is 0. The van der Waals surface area contributed by atoms with E-state index < -0.39 is 5.97 Å². The summed E-state index contributed by atoms with van der Waals surface area (Å²) in [7, 11) is 0. The fourth-order valence-corrected chi connectivity index (χ4v) is 1.92. The Labute approximate surface area is 79.8 Å². The van der Waals surface area contributed by atoms with Crippen molar-refractivity contribution in [2.75, 3.05) is 0 Å². The molecule has 0 amide bonds. The van der Waals surface area contributed by atoms with Crippen LogP contribution in [0.15, 0.2) is 0 Å². The van der Waals surface area contributed by atoms with Gasteiger partial charge in [-0.1, -0.05) is 0 Å². The van der Waals surface area contributed by atoms with Crippen molar-refractivity contribution in [3.63, 3.8) is 0 Å². The average molecular weight is 198 g/mol. The fourth-order valence-electron chi connectivity index (χ4n) is 1.15. The number of carboxylic acid groups (broad SMARTS) is 1. The number of hydrogen-bond donors (Lipinski definition) is 1. The monoisotopic (exact) mass is 198 g/mol. The van der Waals surface area contributed by atoms with E-state index >= 15 is 0 Å². The largest absolute Gasteiger partial charge is 0.481 e. The van der Waals surface area contributed by atoms with Crippen LogP contribution in [0.2, 0.25) is 0 Å². The second kappa shape index (κ2) is 3.41. The summed E-state index contributed by atoms with van der Waals surface area (Å²) in [5.74, 6) is 0.370. The second-order valence-electron chi connectivity index (χ2n) is 3.32. The summed E-state index contributed by atoms with van der Waals surface area (Å²) in [6.07, 6.45) is 3.50. The van der Waals surface area contributed by atoms with E-state index in [0.717, 1.165) is 17.3 Å². The van der Waals surface area contributed by atoms with Gasteiger partial charge in [0.2, 0.25) is 0 Å². The lowest BCUT2D eigenvalue weighted by Crippen LogP contribution is -2.01. The third kappa shape index (κ3) is 2.48. The molecule has 0 bridgehead atoms. The highest BCUT2D eigenvalue weighted by atomic mass is 32.1. The van der Waals surface area contributed by atoms with Crippen LogP contribution in [0.5, 0.6) is 0 Å². The molecule has 1 aromatic rings. The van der Waals surface area contributed by atoms with Gasteiger partial charge in [-0.05, 0) is 30.3 Å². The minimum Gasteiger partial charge on any atom is -0.481 e. The highest BCUT2D eigenvalue weighted by Gasteiger charge is 2.23. The van der Waals surface area contributed by atoms with Crippen LogP contribution in [0.3, 0.4) is 0 Å². The maximum atomic E-state index is 10.3. The molecule has 1 aromatic heterocycles. The zero-order chi connectivity index (χ0) is 9.26. The number of rotatable bonds is 4. The molecular formula is C8H10N2O2S. The molecule has 4 nitrogen and oxygen atoms in total. The van der Waals surface area contributed by atoms with Crippen LogP contribution in [0.1, 0.15) is 23.7 Å². The summed E-state index contributed by atoms with van der Waals surface area (Å²) in [5.41, 5.74) is 0. The van der Waals surface area contributed by atoms with Crippen LogP contribution in [0.25, 0.3) is 0 Å². The lowest BCUT2D eigenvalue weighted by molar-refractivity contribution is -0.136. The zero-order valence-corrected chi connectivity index (χ0v) is 7.88. The van der Waals surface area contributed by atoms with E-state index in [9.17, 15) is 4.79 Å². The number of nitrogens with zero attached hydrogens (tertiary/aromatic N) is 2. The third-order valence-corrected chi connectivity index (χ3v) is 2.75. The van der Waals surface area contributed by atoms with Gasteiger partial charge in [-0.15, -0.1) is 0 Å². The van der Waals surface area contributed by atoms with Crippen LogP contribution in [0, 0.1) is 5.92 Å². The van der Waals surface area contributed by atoms with Gasteiger partial charge in [-0.2, -0.15) is 4.37 Å². The van der Waals surface area contributed by atoms with Gasteiger partial charge < -0.3 is 5.11 Å². The Morgan fingerprint density at radius 1 is 1.62 bits per heavy atom. The van der Waals surface area contributed by atoms with E-state index in [1.54, 1.807) is 0 Å². The first-order valence-electron chi connectivity index (χ1n) is 4.27. The van der Waals surface area contributed by atoms with E-state index in [0.29, 0.717) is 5.82 Å². The Hall–Kier alpha value is -0.970. The molecule has 0 spiro atoms. The fraction of sp³-hybridized carbons (Fsp3) is 0.625. The Morgan fingerprint density at radius 2 is 2.38 bits per heavy atom. The summed E-state index contributed by atoms with van der Waals surface area (Å²) in [5, 5.41) is 9.48. The van der Waals surface area contributed by atoms with Crippen LogP contribution >= 0.6 is 11.5 Å². The molecule has 5 heteroatoms. The van der Waals surface area contributed by atoms with E-state index in [1.807, 2.05) is 0 Å². The van der Waals surface area contributed by atoms with E-state index in [1.165, 1.54) is 24.4 Å². The number of aliphatic carboxylic acids is 1. The minimum atomic E-state index is -0.865. The molecule has 0 unspecified atom stereocenters. The molecule has 1 heterocycles. The topological polar surface area (TPSA) is 63.1 Å². The van der Waals surface area contributed by atoms with Crippen LogP contribution in [-0.2, 0) is 17.6 Å². The quantitative estimate of drug-likeness (QED) is 0.787. The molecule has 1 N–H and O–H groups in total. The van der Waals surface area contributed by atoms with Gasteiger partial charge in [0, 0.05) is 6.42 Å². The van der Waals surface area contributed by atoms with Gasteiger partial charge in [0.1, 0.15) is 11.4 Å². The summed E-state index contributed by atoms with van der Waals surface area (Å²) in [6.45, 7) is 0. The van der Waals surface area contributed by atoms with Crippen LogP contribution in [-0.4, -0.2) is 20.4 Å². The van der Waals surface area contributed by atoms with Crippen molar-refractivity contribution in [1.29, 1.82) is 0 Å². The SMILES string of the molecule is O=C(O)Cc1nsc(CC2CC2)n1. The standard InChI is InChI=1S/C8H10N2O2S/c11-8(12)4-6-9-7(13-10-6)3-5-1-2-5/h5H,1-4H2,(H,11,12). The van der Waals surface area contributed by atoms with E-state index in [2.05, 4.69) is 9.36 Å². The van der Waals surface area contributed by atoms with Crippen molar-refractivity contribution >= 4 is 17.5 Å². The lowest BCUT2D eigenvalue weighted by Gasteiger charge is -1.88. The maximum Gasteiger partial charge on any atom is 0.311 e. The van der Waals surface area contributed by atoms with Crippen LogP contribution < -0.4 is 0 Å². The molecule has 1 fully saturated rings. The predicted octanol–water partition coefficient (Wildman–Crippen LogP) is 1.12. The smallest absolute Gasteiger partial charge is 0.311 e. The Bertz CT molecular complexity index is 320. The van der Waals surface area contributed by atoms with Crippen molar-refractivity contribution in [2.24, 2.45) is 5.92 Å². The third-order valence-electron chi connectivity index (χ3n) is 1.98. The van der Waals surface area contributed by atoms with Gasteiger partial charge >= 0.3 is 5.97 Å². The predicted molar refractivity (Wildman–Crippen MR) is 47.7 cm³/mol. The Morgan fingerprint density at radius 3 is 3.00 bits per heavy atom. The average Bonchev–Trinajstić information content (AvgIpc) is 2.73. The molecule has 0 atom stereocenters. The molecule has 1 saturated carbocycles. The molecule has 70 valence electrons. The van der Waals surface area contributed by atoms with Crippen molar-refractivity contribution in [1.82, 2.24) is 9.36 Å². The maximum absolute atomic E-state index is 10.3. The Balaban J connectivity index is 1.95. The van der Waals surface area contributed by atoms with Crippen molar-refractivity contribution < 1.29 is 9.90 Å². The number of aromatic nitrogens is 2. The molecule has 1 aliphatic carbocycles. The molecular weight excluding hydrogens is 188 g/mol.